The number of aromatic nitrogens is 1. The van der Waals surface area contributed by atoms with Crippen LogP contribution in [0.4, 0.5) is 5.69 Å². The normalized spacial score (nSPS) is 11.1. The second-order valence-electron chi connectivity index (χ2n) is 6.31. The molecule has 0 aliphatic heterocycles. The van der Waals surface area contributed by atoms with Crippen LogP contribution in [-0.2, 0) is 11.2 Å². The summed E-state index contributed by atoms with van der Waals surface area (Å²) in [5, 5.41) is 4.92. The largest absolute Gasteiger partial charge is 0.464 e. The first kappa shape index (κ1) is 15.4. The molecule has 25 heavy (non-hydrogen) atoms. The van der Waals surface area contributed by atoms with Crippen molar-refractivity contribution in [3.05, 3.63) is 71.6 Å². The van der Waals surface area contributed by atoms with Crippen molar-refractivity contribution >= 4 is 33.5 Å². The van der Waals surface area contributed by atoms with Gasteiger partial charge in [0.05, 0.1) is 23.9 Å². The van der Waals surface area contributed by atoms with Gasteiger partial charge in [0.25, 0.3) is 0 Å². The summed E-state index contributed by atoms with van der Waals surface area (Å²) in [6.07, 6.45) is 1.93. The number of carbonyl (C=O) groups is 1. The highest BCUT2D eigenvalue weighted by Crippen LogP contribution is 2.25. The molecule has 0 unspecified atom stereocenters. The second-order valence-corrected chi connectivity index (χ2v) is 6.31. The van der Waals surface area contributed by atoms with Crippen LogP contribution in [0.3, 0.4) is 0 Å². The van der Waals surface area contributed by atoms with Crippen LogP contribution in [0.15, 0.2) is 59.2 Å². The molecule has 0 bridgehead atoms. The molecule has 0 aliphatic carbocycles. The van der Waals surface area contributed by atoms with Crippen LogP contribution in [0.5, 0.6) is 0 Å². The highest BCUT2D eigenvalue weighted by atomic mass is 16.3. The molecule has 2 heterocycles. The van der Waals surface area contributed by atoms with Crippen LogP contribution in [-0.4, -0.2) is 10.9 Å². The van der Waals surface area contributed by atoms with Crippen molar-refractivity contribution < 1.29 is 9.21 Å². The molecule has 0 radical (unpaired) electrons. The van der Waals surface area contributed by atoms with E-state index < -0.39 is 0 Å². The molecule has 1 N–H and O–H groups in total. The Morgan fingerprint density at radius 1 is 1.08 bits per heavy atom. The molecule has 4 heteroatoms. The summed E-state index contributed by atoms with van der Waals surface area (Å²) >= 11 is 0. The highest BCUT2D eigenvalue weighted by molar-refractivity contribution is 6.02. The molecule has 0 spiro atoms. The lowest BCUT2D eigenvalue weighted by atomic mass is 10.1. The molecule has 0 aliphatic rings. The first-order chi connectivity index (χ1) is 12.1. The summed E-state index contributed by atoms with van der Waals surface area (Å²) in [6.45, 7) is 3.97. The van der Waals surface area contributed by atoms with E-state index in [1.54, 1.807) is 6.26 Å². The SMILES string of the molecule is Cc1ccc2c(CC(=O)Nc3cccc4nc(C)ccc34)coc2c1. The number of fused-ring (bicyclic) bond motifs is 2. The number of pyridine rings is 1. The maximum atomic E-state index is 12.5. The summed E-state index contributed by atoms with van der Waals surface area (Å²) in [5.74, 6) is -0.0728. The Bertz CT molecular complexity index is 1100. The van der Waals surface area contributed by atoms with E-state index in [0.717, 1.165) is 44.4 Å². The lowest BCUT2D eigenvalue weighted by molar-refractivity contribution is -0.115. The Labute approximate surface area is 145 Å². The molecular weight excluding hydrogens is 312 g/mol. The molecule has 0 atom stereocenters. The topological polar surface area (TPSA) is 55.1 Å². The molecule has 4 rings (SSSR count). The summed E-state index contributed by atoms with van der Waals surface area (Å²) in [5.41, 5.74) is 5.45. The Morgan fingerprint density at radius 3 is 2.80 bits per heavy atom. The molecular formula is C21H18N2O2. The molecule has 4 nitrogen and oxygen atoms in total. The fraction of sp³-hybridized carbons (Fsp3) is 0.143. The van der Waals surface area contributed by atoms with Crippen LogP contribution in [0.1, 0.15) is 16.8 Å². The van der Waals surface area contributed by atoms with E-state index in [1.807, 2.05) is 62.4 Å². The zero-order valence-electron chi connectivity index (χ0n) is 14.2. The van der Waals surface area contributed by atoms with Gasteiger partial charge in [0.15, 0.2) is 0 Å². The van der Waals surface area contributed by atoms with E-state index in [-0.39, 0.29) is 12.3 Å². The Hall–Kier alpha value is -3.14. The number of carbonyl (C=O) groups excluding carboxylic acids is 1. The number of amides is 1. The third-order valence-corrected chi connectivity index (χ3v) is 4.31. The van der Waals surface area contributed by atoms with Crippen molar-refractivity contribution in [3.8, 4) is 0 Å². The molecule has 1 amide bonds. The van der Waals surface area contributed by atoms with Crippen LogP contribution in [0.25, 0.3) is 21.9 Å². The van der Waals surface area contributed by atoms with E-state index >= 15 is 0 Å². The van der Waals surface area contributed by atoms with E-state index in [4.69, 9.17) is 4.42 Å². The molecule has 0 fully saturated rings. The number of nitrogens with one attached hydrogen (secondary N) is 1. The van der Waals surface area contributed by atoms with Crippen LogP contribution < -0.4 is 5.32 Å². The van der Waals surface area contributed by atoms with Crippen molar-refractivity contribution in [1.29, 1.82) is 0 Å². The third kappa shape index (κ3) is 2.98. The fourth-order valence-electron chi connectivity index (χ4n) is 3.06. The summed E-state index contributed by atoms with van der Waals surface area (Å²) in [4.78, 5) is 17.0. The first-order valence-electron chi connectivity index (χ1n) is 8.23. The Balaban J connectivity index is 1.60. The maximum Gasteiger partial charge on any atom is 0.228 e. The number of aryl methyl sites for hydroxylation is 2. The van der Waals surface area contributed by atoms with Crippen molar-refractivity contribution in [1.82, 2.24) is 4.98 Å². The maximum absolute atomic E-state index is 12.5. The van der Waals surface area contributed by atoms with Gasteiger partial charge in [-0.2, -0.15) is 0 Å². The predicted molar refractivity (Wildman–Crippen MR) is 99.8 cm³/mol. The van der Waals surface area contributed by atoms with Gasteiger partial charge in [-0.05, 0) is 49.7 Å². The van der Waals surface area contributed by atoms with E-state index in [0.29, 0.717) is 0 Å². The summed E-state index contributed by atoms with van der Waals surface area (Å²) < 4.78 is 5.57. The zero-order valence-corrected chi connectivity index (χ0v) is 14.2. The van der Waals surface area contributed by atoms with E-state index in [2.05, 4.69) is 10.3 Å². The molecule has 4 aromatic rings. The smallest absolute Gasteiger partial charge is 0.228 e. The van der Waals surface area contributed by atoms with Crippen molar-refractivity contribution in [2.45, 2.75) is 20.3 Å². The average Bonchev–Trinajstić information content (AvgIpc) is 2.96. The number of benzene rings is 2. The van der Waals surface area contributed by atoms with Gasteiger partial charge >= 0.3 is 0 Å². The van der Waals surface area contributed by atoms with Gasteiger partial charge in [-0.1, -0.05) is 18.2 Å². The van der Waals surface area contributed by atoms with Crippen molar-refractivity contribution in [2.24, 2.45) is 0 Å². The van der Waals surface area contributed by atoms with Gasteiger partial charge in [0.1, 0.15) is 5.58 Å². The fourth-order valence-corrected chi connectivity index (χ4v) is 3.06. The lowest BCUT2D eigenvalue weighted by Gasteiger charge is -2.08. The first-order valence-corrected chi connectivity index (χ1v) is 8.23. The van der Waals surface area contributed by atoms with Crippen LogP contribution >= 0.6 is 0 Å². The quantitative estimate of drug-likeness (QED) is 0.588. The molecule has 0 saturated heterocycles. The summed E-state index contributed by atoms with van der Waals surface area (Å²) in [6, 6.07) is 15.7. The van der Waals surface area contributed by atoms with Crippen LogP contribution in [0, 0.1) is 13.8 Å². The van der Waals surface area contributed by atoms with Gasteiger partial charge in [-0.3, -0.25) is 9.78 Å². The van der Waals surface area contributed by atoms with Gasteiger partial charge in [0.2, 0.25) is 5.91 Å². The Kier molecular flexibility index (Phi) is 3.73. The minimum atomic E-state index is -0.0728. The highest BCUT2D eigenvalue weighted by Gasteiger charge is 2.12. The van der Waals surface area contributed by atoms with Gasteiger partial charge < -0.3 is 9.73 Å². The minimum Gasteiger partial charge on any atom is -0.464 e. The molecule has 0 saturated carbocycles. The van der Waals surface area contributed by atoms with E-state index in [1.165, 1.54) is 0 Å². The minimum absolute atomic E-state index is 0.0728. The monoisotopic (exact) mass is 330 g/mol. The summed E-state index contributed by atoms with van der Waals surface area (Å²) in [7, 11) is 0. The number of anilines is 1. The molecule has 2 aromatic carbocycles. The van der Waals surface area contributed by atoms with E-state index in [9.17, 15) is 4.79 Å². The molecule has 2 aromatic heterocycles. The number of furan rings is 1. The van der Waals surface area contributed by atoms with Crippen molar-refractivity contribution in [2.75, 3.05) is 5.32 Å². The lowest BCUT2D eigenvalue weighted by Crippen LogP contribution is -2.14. The van der Waals surface area contributed by atoms with Gasteiger partial charge in [-0.15, -0.1) is 0 Å². The van der Waals surface area contributed by atoms with Crippen LogP contribution in [0.2, 0.25) is 0 Å². The standard InChI is InChI=1S/C21H18N2O2/c1-13-6-8-16-15(12-25-20(16)10-13)11-21(24)23-19-5-3-4-18-17(19)9-7-14(2)22-18/h3-10,12H,11H2,1-2H3,(H,23,24). The predicted octanol–water partition coefficient (Wildman–Crippen LogP) is 4.78. The number of rotatable bonds is 3. The third-order valence-electron chi connectivity index (χ3n) is 4.31. The molecule has 124 valence electrons. The van der Waals surface area contributed by atoms with Gasteiger partial charge in [0, 0.05) is 22.0 Å². The average molecular weight is 330 g/mol. The zero-order chi connectivity index (χ0) is 17.4. The van der Waals surface area contributed by atoms with Gasteiger partial charge in [-0.25, -0.2) is 0 Å². The number of nitrogens with zero attached hydrogens (tertiary/aromatic N) is 1. The Morgan fingerprint density at radius 2 is 1.92 bits per heavy atom. The second kappa shape index (κ2) is 6.06. The van der Waals surface area contributed by atoms with Crippen molar-refractivity contribution in [3.63, 3.8) is 0 Å². The number of hydrogen-bond acceptors (Lipinski definition) is 3. The number of hydrogen-bond donors (Lipinski definition) is 1.